The number of carbonyl (C=O) groups is 1. The van der Waals surface area contributed by atoms with Crippen molar-refractivity contribution < 1.29 is 32.5 Å². The van der Waals surface area contributed by atoms with Gasteiger partial charge in [-0.3, -0.25) is 0 Å². The van der Waals surface area contributed by atoms with Crippen LogP contribution < -0.4 is 14.2 Å². The summed E-state index contributed by atoms with van der Waals surface area (Å²) < 4.78 is 44.9. The molecule has 7 heteroatoms. The van der Waals surface area contributed by atoms with E-state index in [1.54, 1.807) is 37.4 Å². The van der Waals surface area contributed by atoms with Crippen molar-refractivity contribution in [1.82, 2.24) is 0 Å². The summed E-state index contributed by atoms with van der Waals surface area (Å²) in [5, 5.41) is 0. The molecule has 0 fully saturated rings. The zero-order valence-electron chi connectivity index (χ0n) is 14.3. The first-order valence-electron chi connectivity index (χ1n) is 7.63. The van der Waals surface area contributed by atoms with Crippen LogP contribution in [0.15, 0.2) is 48.5 Å². The van der Waals surface area contributed by atoms with E-state index in [1.807, 2.05) is 0 Å². The molecule has 0 radical (unpaired) electrons. The highest BCUT2D eigenvalue weighted by Gasteiger charge is 2.14. The van der Waals surface area contributed by atoms with Gasteiger partial charge >= 0.3 is 12.6 Å². The van der Waals surface area contributed by atoms with E-state index in [9.17, 15) is 13.6 Å². The van der Waals surface area contributed by atoms with Crippen LogP contribution in [-0.2, 0) is 16.1 Å². The maximum atomic E-state index is 12.6. The Morgan fingerprint density at radius 2 is 1.88 bits per heavy atom. The molecule has 0 aliphatic heterocycles. The van der Waals surface area contributed by atoms with Gasteiger partial charge in [0.05, 0.1) is 14.2 Å². The summed E-state index contributed by atoms with van der Waals surface area (Å²) in [4.78, 5) is 11.9. The van der Waals surface area contributed by atoms with Gasteiger partial charge in [-0.05, 0) is 29.8 Å². The Morgan fingerprint density at radius 1 is 1.12 bits per heavy atom. The number of benzene rings is 2. The van der Waals surface area contributed by atoms with E-state index in [0.29, 0.717) is 5.75 Å². The number of alkyl halides is 2. The third-order valence-electron chi connectivity index (χ3n) is 3.35. The number of methoxy groups -OCH3 is 2. The molecule has 0 spiro atoms. The lowest BCUT2D eigenvalue weighted by molar-refractivity contribution is -0.138. The lowest BCUT2D eigenvalue weighted by Gasteiger charge is -2.12. The third-order valence-corrected chi connectivity index (χ3v) is 3.35. The molecule has 2 rings (SSSR count). The molecule has 0 bridgehead atoms. The van der Waals surface area contributed by atoms with E-state index in [-0.39, 0.29) is 23.7 Å². The summed E-state index contributed by atoms with van der Waals surface area (Å²) >= 11 is 0. The minimum Gasteiger partial charge on any atom is -0.497 e. The third kappa shape index (κ3) is 5.47. The molecule has 0 atom stereocenters. The molecule has 2 aromatic rings. The van der Waals surface area contributed by atoms with Crippen molar-refractivity contribution >= 4 is 12.0 Å². The predicted octanol–water partition coefficient (Wildman–Crippen LogP) is 4.06. The van der Waals surface area contributed by atoms with Gasteiger partial charge in [-0.15, -0.1) is 0 Å². The number of halogens is 2. The molecule has 0 aliphatic rings. The van der Waals surface area contributed by atoms with Gasteiger partial charge in [0.1, 0.15) is 12.4 Å². The molecule has 0 aromatic heterocycles. The normalized spacial score (nSPS) is 10.8. The fourth-order valence-corrected chi connectivity index (χ4v) is 2.16. The first kappa shape index (κ1) is 19.2. The van der Waals surface area contributed by atoms with Crippen LogP contribution in [0.25, 0.3) is 6.08 Å². The molecule has 0 saturated carbocycles. The minimum absolute atomic E-state index is 0.0544. The zero-order chi connectivity index (χ0) is 18.9. The van der Waals surface area contributed by atoms with Gasteiger partial charge in [0, 0.05) is 11.6 Å². The lowest BCUT2D eigenvalue weighted by atomic mass is 10.1. The summed E-state index contributed by atoms with van der Waals surface area (Å²) in [6.45, 7) is -2.96. The topological polar surface area (TPSA) is 54.0 Å². The average Bonchev–Trinajstić information content (AvgIpc) is 2.65. The van der Waals surface area contributed by atoms with Crippen LogP contribution in [0.4, 0.5) is 8.78 Å². The summed E-state index contributed by atoms with van der Waals surface area (Å²) in [6, 6.07) is 11.7. The van der Waals surface area contributed by atoms with Crippen LogP contribution in [0.1, 0.15) is 11.1 Å². The van der Waals surface area contributed by atoms with Crippen LogP contribution >= 0.6 is 0 Å². The summed E-state index contributed by atoms with van der Waals surface area (Å²) in [6.07, 6.45) is 2.46. The first-order valence-corrected chi connectivity index (χ1v) is 7.63. The quantitative estimate of drug-likeness (QED) is 0.522. The van der Waals surface area contributed by atoms with Crippen LogP contribution in [0, 0.1) is 0 Å². The van der Waals surface area contributed by atoms with Crippen molar-refractivity contribution in [3.8, 4) is 17.2 Å². The lowest BCUT2D eigenvalue weighted by Crippen LogP contribution is -2.05. The predicted molar refractivity (Wildman–Crippen MR) is 91.5 cm³/mol. The van der Waals surface area contributed by atoms with Gasteiger partial charge in [0.25, 0.3) is 0 Å². The van der Waals surface area contributed by atoms with Gasteiger partial charge in [-0.1, -0.05) is 24.3 Å². The van der Waals surface area contributed by atoms with Crippen molar-refractivity contribution in [3.05, 3.63) is 59.7 Å². The monoisotopic (exact) mass is 364 g/mol. The molecule has 0 amide bonds. The molecule has 26 heavy (non-hydrogen) atoms. The maximum Gasteiger partial charge on any atom is 0.387 e. The second-order valence-corrected chi connectivity index (χ2v) is 5.05. The number of carbonyl (C=O) groups excluding carboxylic acids is 1. The molecule has 0 N–H and O–H groups in total. The van der Waals surface area contributed by atoms with Crippen molar-refractivity contribution in [2.45, 2.75) is 13.2 Å². The van der Waals surface area contributed by atoms with E-state index in [4.69, 9.17) is 14.2 Å². The molecular formula is C19H18F2O5. The molecule has 138 valence electrons. The first-order chi connectivity index (χ1) is 12.5. The Balaban J connectivity index is 2.05. The standard InChI is InChI=1S/C19H18F2O5/c1-23-15-7-3-5-13(11-15)12-25-17(22)10-9-14-6-4-8-16(24-2)18(14)26-19(20)21/h3-11,19H,12H2,1-2H3/b10-9+. The Kier molecular flexibility index (Phi) is 6.96. The number of rotatable bonds is 8. The Bertz CT molecular complexity index is 774. The summed E-state index contributed by atoms with van der Waals surface area (Å²) in [5.74, 6) is 0.0111. The summed E-state index contributed by atoms with van der Waals surface area (Å²) in [5.41, 5.74) is 1.03. The fraction of sp³-hybridized carbons (Fsp3) is 0.211. The molecule has 0 aliphatic carbocycles. The number of ether oxygens (including phenoxy) is 4. The largest absolute Gasteiger partial charge is 0.497 e. The van der Waals surface area contributed by atoms with Gasteiger partial charge in [-0.25, -0.2) is 4.79 Å². The van der Waals surface area contributed by atoms with Gasteiger partial charge in [0.2, 0.25) is 0 Å². The van der Waals surface area contributed by atoms with Gasteiger partial charge in [-0.2, -0.15) is 8.78 Å². The smallest absolute Gasteiger partial charge is 0.387 e. The summed E-state index contributed by atoms with van der Waals surface area (Å²) in [7, 11) is 2.88. The van der Waals surface area contributed by atoms with Gasteiger partial charge in [0.15, 0.2) is 11.5 Å². The fourth-order valence-electron chi connectivity index (χ4n) is 2.16. The number of esters is 1. The van der Waals surface area contributed by atoms with Crippen LogP contribution in [0.2, 0.25) is 0 Å². The highest BCUT2D eigenvalue weighted by atomic mass is 19.3. The zero-order valence-corrected chi connectivity index (χ0v) is 14.3. The van der Waals surface area contributed by atoms with E-state index < -0.39 is 12.6 Å². The number of hydrogen-bond acceptors (Lipinski definition) is 5. The van der Waals surface area contributed by atoms with Crippen molar-refractivity contribution in [2.75, 3.05) is 14.2 Å². The molecule has 0 saturated heterocycles. The number of hydrogen-bond donors (Lipinski definition) is 0. The maximum absolute atomic E-state index is 12.6. The second-order valence-electron chi connectivity index (χ2n) is 5.05. The average molecular weight is 364 g/mol. The highest BCUT2D eigenvalue weighted by Crippen LogP contribution is 2.33. The molecule has 0 heterocycles. The van der Waals surface area contributed by atoms with Crippen LogP contribution in [0.3, 0.4) is 0 Å². The molecule has 5 nitrogen and oxygen atoms in total. The van der Waals surface area contributed by atoms with Gasteiger partial charge < -0.3 is 18.9 Å². The van der Waals surface area contributed by atoms with Crippen molar-refractivity contribution in [3.63, 3.8) is 0 Å². The van der Waals surface area contributed by atoms with Crippen molar-refractivity contribution in [2.24, 2.45) is 0 Å². The molecular weight excluding hydrogens is 346 g/mol. The van der Waals surface area contributed by atoms with E-state index >= 15 is 0 Å². The second kappa shape index (κ2) is 9.41. The Labute approximate surface area is 149 Å². The van der Waals surface area contributed by atoms with E-state index in [2.05, 4.69) is 4.74 Å². The van der Waals surface area contributed by atoms with E-state index in [0.717, 1.165) is 11.6 Å². The van der Waals surface area contributed by atoms with E-state index in [1.165, 1.54) is 25.3 Å². The molecule has 2 aromatic carbocycles. The Hall–Kier alpha value is -3.09. The van der Waals surface area contributed by atoms with Crippen LogP contribution in [0.5, 0.6) is 17.2 Å². The highest BCUT2D eigenvalue weighted by molar-refractivity contribution is 5.87. The van der Waals surface area contributed by atoms with Crippen LogP contribution in [-0.4, -0.2) is 26.8 Å². The minimum atomic E-state index is -3.02. The van der Waals surface area contributed by atoms with Crippen molar-refractivity contribution in [1.29, 1.82) is 0 Å². The Morgan fingerprint density at radius 3 is 2.58 bits per heavy atom. The number of para-hydroxylation sites is 1. The molecule has 0 unspecified atom stereocenters. The SMILES string of the molecule is COc1cccc(COC(=O)/C=C/c2cccc(OC)c2OC(F)F)c1.